The van der Waals surface area contributed by atoms with Crippen molar-refractivity contribution in [3.8, 4) is 0 Å². The molecular weight excluding hydrogens is 290 g/mol. The van der Waals surface area contributed by atoms with Crippen LogP contribution in [-0.4, -0.2) is 47.7 Å². The first-order chi connectivity index (χ1) is 10.9. The van der Waals surface area contributed by atoms with Crippen LogP contribution in [0, 0.1) is 6.57 Å². The molecule has 5 nitrogen and oxygen atoms in total. The summed E-state index contributed by atoms with van der Waals surface area (Å²) in [7, 11) is 0. The molecule has 5 heteroatoms. The molecule has 1 aliphatic rings. The molecule has 1 heterocycles. The van der Waals surface area contributed by atoms with E-state index in [0.717, 1.165) is 5.56 Å². The first-order valence-electron chi connectivity index (χ1n) is 7.76. The molecule has 0 unspecified atom stereocenters. The van der Waals surface area contributed by atoms with Crippen LogP contribution in [0.25, 0.3) is 10.9 Å². The Hall–Kier alpha value is -2.48. The van der Waals surface area contributed by atoms with Crippen molar-refractivity contribution in [1.29, 1.82) is 0 Å². The molecule has 0 saturated carbocycles. The monoisotopic (exact) mass is 313 g/mol. The Labute approximate surface area is 138 Å². The summed E-state index contributed by atoms with van der Waals surface area (Å²) in [5.41, 5.74) is 0.524. The van der Waals surface area contributed by atoms with Gasteiger partial charge in [-0.2, -0.15) is 0 Å². The number of carbonyl (C=O) groups excluding carboxylic acids is 1. The van der Waals surface area contributed by atoms with Gasteiger partial charge in [0.1, 0.15) is 5.60 Å². The van der Waals surface area contributed by atoms with Gasteiger partial charge in [0.15, 0.2) is 0 Å². The summed E-state index contributed by atoms with van der Waals surface area (Å²) in [6.45, 7) is 15.4. The Bertz CT molecular complexity index is 603. The van der Waals surface area contributed by atoms with Gasteiger partial charge in [-0.05, 0) is 32.4 Å². The molecular formula is C18H23N3O2. The lowest BCUT2D eigenvalue weighted by atomic mass is 10.2. The van der Waals surface area contributed by atoms with Crippen molar-refractivity contribution in [2.75, 3.05) is 26.2 Å². The van der Waals surface area contributed by atoms with E-state index < -0.39 is 5.60 Å². The first-order valence-corrected chi connectivity index (χ1v) is 7.76. The maximum atomic E-state index is 12.1. The highest BCUT2D eigenvalue weighted by atomic mass is 16.6. The number of rotatable bonds is 2. The molecule has 0 spiro atoms. The molecule has 1 aromatic rings. The van der Waals surface area contributed by atoms with E-state index in [4.69, 9.17) is 11.3 Å². The zero-order valence-corrected chi connectivity index (χ0v) is 14.0. The van der Waals surface area contributed by atoms with Gasteiger partial charge in [0.2, 0.25) is 5.82 Å². The summed E-state index contributed by atoms with van der Waals surface area (Å²) >= 11 is 0. The van der Waals surface area contributed by atoms with E-state index in [9.17, 15) is 4.79 Å². The molecule has 122 valence electrons. The molecule has 0 atom stereocenters. The molecule has 1 saturated heterocycles. The van der Waals surface area contributed by atoms with E-state index in [1.54, 1.807) is 4.90 Å². The molecule has 0 aromatic heterocycles. The molecule has 0 aliphatic carbocycles. The maximum absolute atomic E-state index is 12.1. The standard InChI is InChI=1S/C18H23N3O2/c1-18(2,3)23-17(22)21-12-10-20(11-13-21)16(19-4)14-15-8-6-5-7-9-15/h5-9,14H,10-13H2,1-3H3/b16-14-. The Balaban J connectivity index is 1.97. The van der Waals surface area contributed by atoms with Crippen LogP contribution in [-0.2, 0) is 4.74 Å². The summed E-state index contributed by atoms with van der Waals surface area (Å²) in [4.78, 5) is 19.4. The lowest BCUT2D eigenvalue weighted by Gasteiger charge is -2.34. The number of amides is 1. The second kappa shape index (κ2) is 7.19. The van der Waals surface area contributed by atoms with Gasteiger partial charge in [0.05, 0.1) is 26.2 Å². The van der Waals surface area contributed by atoms with Crippen LogP contribution in [0.5, 0.6) is 0 Å². The van der Waals surface area contributed by atoms with Crippen LogP contribution in [0.3, 0.4) is 0 Å². The van der Waals surface area contributed by atoms with Gasteiger partial charge in [-0.25, -0.2) is 4.79 Å². The average Bonchev–Trinajstić information content (AvgIpc) is 2.52. The summed E-state index contributed by atoms with van der Waals surface area (Å²) in [5, 5.41) is 0. The minimum atomic E-state index is -0.483. The van der Waals surface area contributed by atoms with Crippen molar-refractivity contribution in [1.82, 2.24) is 9.80 Å². The second-order valence-corrected chi connectivity index (χ2v) is 6.48. The largest absolute Gasteiger partial charge is 0.444 e. The van der Waals surface area contributed by atoms with Crippen molar-refractivity contribution in [3.05, 3.63) is 53.1 Å². The number of piperazine rings is 1. The van der Waals surface area contributed by atoms with Crippen molar-refractivity contribution < 1.29 is 9.53 Å². The predicted octanol–water partition coefficient (Wildman–Crippen LogP) is 3.46. The normalized spacial score (nSPS) is 16.0. The fourth-order valence-corrected chi connectivity index (χ4v) is 2.34. The smallest absolute Gasteiger partial charge is 0.410 e. The minimum absolute atomic E-state index is 0.284. The first kappa shape index (κ1) is 16.9. The van der Waals surface area contributed by atoms with E-state index in [1.807, 2.05) is 62.1 Å². The molecule has 1 aromatic carbocycles. The highest BCUT2D eigenvalue weighted by Crippen LogP contribution is 2.17. The van der Waals surface area contributed by atoms with Crippen LogP contribution in [0.4, 0.5) is 4.79 Å². The third-order valence-corrected chi connectivity index (χ3v) is 3.47. The zero-order chi connectivity index (χ0) is 16.9. The molecule has 1 aliphatic heterocycles. The zero-order valence-electron chi connectivity index (χ0n) is 14.0. The topological polar surface area (TPSA) is 37.1 Å². The molecule has 0 bridgehead atoms. The Morgan fingerprint density at radius 3 is 2.22 bits per heavy atom. The number of hydrogen-bond donors (Lipinski definition) is 0. The quantitative estimate of drug-likeness (QED) is 0.785. The summed E-state index contributed by atoms with van der Waals surface area (Å²) in [5.74, 6) is 0.611. The molecule has 2 rings (SSSR count). The number of carbonyl (C=O) groups is 1. The number of hydrogen-bond acceptors (Lipinski definition) is 3. The predicted molar refractivity (Wildman–Crippen MR) is 90.4 cm³/mol. The van der Waals surface area contributed by atoms with Crippen molar-refractivity contribution in [2.45, 2.75) is 26.4 Å². The van der Waals surface area contributed by atoms with Crippen molar-refractivity contribution in [2.24, 2.45) is 0 Å². The van der Waals surface area contributed by atoms with Crippen LogP contribution < -0.4 is 0 Å². The third-order valence-electron chi connectivity index (χ3n) is 3.47. The lowest BCUT2D eigenvalue weighted by Crippen LogP contribution is -2.49. The fourth-order valence-electron chi connectivity index (χ4n) is 2.34. The van der Waals surface area contributed by atoms with E-state index >= 15 is 0 Å². The Morgan fingerprint density at radius 1 is 1.13 bits per heavy atom. The van der Waals surface area contributed by atoms with Gasteiger partial charge in [-0.15, -0.1) is 0 Å². The van der Waals surface area contributed by atoms with Crippen LogP contribution in [0.2, 0.25) is 0 Å². The van der Waals surface area contributed by atoms with E-state index in [-0.39, 0.29) is 6.09 Å². The van der Waals surface area contributed by atoms with Gasteiger partial charge in [0.25, 0.3) is 0 Å². The summed E-state index contributed by atoms with van der Waals surface area (Å²) in [6.07, 6.45) is 1.60. The molecule has 1 fully saturated rings. The minimum Gasteiger partial charge on any atom is -0.444 e. The lowest BCUT2D eigenvalue weighted by molar-refractivity contribution is 0.0171. The Kier molecular flexibility index (Phi) is 5.28. The van der Waals surface area contributed by atoms with Gasteiger partial charge < -0.3 is 19.4 Å². The van der Waals surface area contributed by atoms with Gasteiger partial charge in [-0.1, -0.05) is 36.9 Å². The summed E-state index contributed by atoms with van der Waals surface area (Å²) in [6, 6.07) is 9.81. The van der Waals surface area contributed by atoms with Gasteiger partial charge >= 0.3 is 6.09 Å². The van der Waals surface area contributed by atoms with E-state index in [2.05, 4.69) is 4.85 Å². The third kappa shape index (κ3) is 5.03. The average molecular weight is 313 g/mol. The Morgan fingerprint density at radius 2 is 1.70 bits per heavy atom. The van der Waals surface area contributed by atoms with Crippen LogP contribution >= 0.6 is 0 Å². The number of benzene rings is 1. The van der Waals surface area contributed by atoms with Crippen LogP contribution in [0.1, 0.15) is 26.3 Å². The molecule has 0 N–H and O–H groups in total. The van der Waals surface area contributed by atoms with E-state index in [1.165, 1.54) is 0 Å². The molecule has 0 radical (unpaired) electrons. The van der Waals surface area contributed by atoms with Crippen molar-refractivity contribution >= 4 is 12.2 Å². The SMILES string of the molecule is [C-]#[N+]/C(=C/c1ccccc1)N1CCN(C(=O)OC(C)(C)C)CC1. The fraction of sp³-hybridized carbons (Fsp3) is 0.444. The highest BCUT2D eigenvalue weighted by Gasteiger charge is 2.27. The highest BCUT2D eigenvalue weighted by molar-refractivity contribution is 5.68. The van der Waals surface area contributed by atoms with Gasteiger partial charge in [-0.3, -0.25) is 0 Å². The van der Waals surface area contributed by atoms with Crippen molar-refractivity contribution in [3.63, 3.8) is 0 Å². The molecule has 23 heavy (non-hydrogen) atoms. The second-order valence-electron chi connectivity index (χ2n) is 6.48. The number of nitrogens with zero attached hydrogens (tertiary/aromatic N) is 3. The van der Waals surface area contributed by atoms with Crippen LogP contribution in [0.15, 0.2) is 36.2 Å². The van der Waals surface area contributed by atoms with E-state index in [0.29, 0.717) is 32.0 Å². The maximum Gasteiger partial charge on any atom is 0.410 e. The number of ether oxygens (including phenoxy) is 1. The molecule has 1 amide bonds. The summed E-state index contributed by atoms with van der Waals surface area (Å²) < 4.78 is 5.39. The van der Waals surface area contributed by atoms with Gasteiger partial charge in [0, 0.05) is 0 Å².